The summed E-state index contributed by atoms with van der Waals surface area (Å²) in [6, 6.07) is 21.4. The summed E-state index contributed by atoms with van der Waals surface area (Å²) in [5.74, 6) is 0. The summed E-state index contributed by atoms with van der Waals surface area (Å²) in [6.07, 6.45) is 0. The van der Waals surface area contributed by atoms with Gasteiger partial charge in [0.25, 0.3) is 0 Å². The maximum atomic E-state index is 6.41. The molecule has 0 heterocycles. The molecule has 0 aliphatic carbocycles. The van der Waals surface area contributed by atoms with E-state index in [1.807, 2.05) is 6.07 Å². The Bertz CT molecular complexity index is 797. The van der Waals surface area contributed by atoms with Gasteiger partial charge in [-0.05, 0) is 60.7 Å². The summed E-state index contributed by atoms with van der Waals surface area (Å²) < 4.78 is 0. The number of hydrogen-bond donors (Lipinski definition) is 0. The maximum Gasteiger partial charge on any atom is 0.0487 e. The Balaban J connectivity index is 1.98. The van der Waals surface area contributed by atoms with E-state index in [1.165, 1.54) is 27.8 Å². The highest BCUT2D eigenvalue weighted by Crippen LogP contribution is 2.32. The molecule has 0 nitrogen and oxygen atoms in total. The Morgan fingerprint density at radius 3 is 1.64 bits per heavy atom. The first-order chi connectivity index (χ1) is 10.5. The molecule has 0 N–H and O–H groups in total. The van der Waals surface area contributed by atoms with Crippen molar-refractivity contribution >= 4 is 11.6 Å². The molecule has 1 heteroatoms. The lowest BCUT2D eigenvalue weighted by molar-refractivity contribution is 1.34. The van der Waals surface area contributed by atoms with Gasteiger partial charge in [0.2, 0.25) is 0 Å². The first-order valence-electron chi connectivity index (χ1n) is 7.49. The maximum absolute atomic E-state index is 6.41. The van der Waals surface area contributed by atoms with Crippen LogP contribution < -0.4 is 0 Å². The second-order valence-corrected chi connectivity index (χ2v) is 6.27. The molecule has 22 heavy (non-hydrogen) atoms. The van der Waals surface area contributed by atoms with Crippen LogP contribution in [0.5, 0.6) is 0 Å². The topological polar surface area (TPSA) is 0 Å². The molecule has 3 aromatic carbocycles. The third-order valence-corrected chi connectivity index (χ3v) is 4.48. The normalized spacial score (nSPS) is 10.7. The Hall–Kier alpha value is -2.05. The van der Waals surface area contributed by atoms with Gasteiger partial charge in [-0.15, -0.1) is 0 Å². The molecule has 0 saturated carbocycles. The van der Waals surface area contributed by atoms with Gasteiger partial charge in [0.1, 0.15) is 0 Å². The predicted octanol–water partition coefficient (Wildman–Crippen LogP) is 6.60. The van der Waals surface area contributed by atoms with Gasteiger partial charge in [0.15, 0.2) is 0 Å². The van der Waals surface area contributed by atoms with Gasteiger partial charge in [-0.3, -0.25) is 0 Å². The molecule has 0 atom stereocenters. The molecule has 0 bridgehead atoms. The van der Waals surface area contributed by atoms with E-state index in [1.54, 1.807) is 0 Å². The van der Waals surface area contributed by atoms with Crippen molar-refractivity contribution in [2.24, 2.45) is 0 Å². The molecule has 0 aliphatic rings. The van der Waals surface area contributed by atoms with Crippen LogP contribution in [0.1, 0.15) is 16.7 Å². The lowest BCUT2D eigenvalue weighted by Gasteiger charge is -2.10. The van der Waals surface area contributed by atoms with Crippen LogP contribution in [0.3, 0.4) is 0 Å². The molecule has 3 aromatic rings. The van der Waals surface area contributed by atoms with Gasteiger partial charge in [-0.25, -0.2) is 0 Å². The number of halogens is 1. The summed E-state index contributed by atoms with van der Waals surface area (Å²) in [5, 5.41) is 0.811. The van der Waals surface area contributed by atoms with Crippen molar-refractivity contribution in [3.63, 3.8) is 0 Å². The molecule has 0 amide bonds. The zero-order valence-corrected chi connectivity index (χ0v) is 13.9. The average Bonchev–Trinajstić information content (AvgIpc) is 2.52. The van der Waals surface area contributed by atoms with E-state index in [2.05, 4.69) is 75.4 Å². The van der Waals surface area contributed by atoms with Crippen LogP contribution in [0, 0.1) is 20.8 Å². The fourth-order valence-electron chi connectivity index (χ4n) is 2.59. The van der Waals surface area contributed by atoms with Crippen LogP contribution in [0.25, 0.3) is 22.3 Å². The third-order valence-electron chi connectivity index (χ3n) is 4.16. The van der Waals surface area contributed by atoms with E-state index >= 15 is 0 Å². The molecule has 0 spiro atoms. The van der Waals surface area contributed by atoms with E-state index in [9.17, 15) is 0 Å². The van der Waals surface area contributed by atoms with Crippen molar-refractivity contribution < 1.29 is 0 Å². The molecule has 0 radical (unpaired) electrons. The Morgan fingerprint density at radius 1 is 0.591 bits per heavy atom. The SMILES string of the molecule is Cc1ccc(-c2ccc(-c3cc(C)c(C)cc3Cl)cc2)cc1. The Labute approximate surface area is 137 Å². The predicted molar refractivity (Wildman–Crippen MR) is 96.5 cm³/mol. The van der Waals surface area contributed by atoms with Crippen LogP contribution in [0.15, 0.2) is 60.7 Å². The van der Waals surface area contributed by atoms with E-state index < -0.39 is 0 Å². The number of benzene rings is 3. The number of aryl methyl sites for hydroxylation is 3. The molecular weight excluding hydrogens is 288 g/mol. The molecule has 110 valence electrons. The molecular formula is C21H19Cl. The quantitative estimate of drug-likeness (QED) is 0.500. The minimum atomic E-state index is 0.811. The number of hydrogen-bond acceptors (Lipinski definition) is 0. The van der Waals surface area contributed by atoms with Gasteiger partial charge in [-0.2, -0.15) is 0 Å². The lowest BCUT2D eigenvalue weighted by Crippen LogP contribution is -1.86. The highest BCUT2D eigenvalue weighted by molar-refractivity contribution is 6.33. The minimum Gasteiger partial charge on any atom is -0.0837 e. The van der Waals surface area contributed by atoms with Crippen molar-refractivity contribution in [2.75, 3.05) is 0 Å². The van der Waals surface area contributed by atoms with Gasteiger partial charge >= 0.3 is 0 Å². The number of rotatable bonds is 2. The van der Waals surface area contributed by atoms with Crippen LogP contribution in [0.4, 0.5) is 0 Å². The highest BCUT2D eigenvalue weighted by atomic mass is 35.5. The molecule has 0 fully saturated rings. The van der Waals surface area contributed by atoms with E-state index in [4.69, 9.17) is 11.6 Å². The van der Waals surface area contributed by atoms with Gasteiger partial charge in [0, 0.05) is 10.6 Å². The Kier molecular flexibility index (Phi) is 4.04. The smallest absolute Gasteiger partial charge is 0.0487 e. The van der Waals surface area contributed by atoms with E-state index in [0.29, 0.717) is 0 Å². The van der Waals surface area contributed by atoms with Crippen molar-refractivity contribution in [3.8, 4) is 22.3 Å². The summed E-state index contributed by atoms with van der Waals surface area (Å²) >= 11 is 6.41. The molecule has 3 rings (SSSR count). The van der Waals surface area contributed by atoms with Crippen molar-refractivity contribution in [1.29, 1.82) is 0 Å². The van der Waals surface area contributed by atoms with E-state index in [-0.39, 0.29) is 0 Å². The van der Waals surface area contributed by atoms with E-state index in [0.717, 1.165) is 16.1 Å². The summed E-state index contributed by atoms with van der Waals surface area (Å²) in [6.45, 7) is 6.32. The fourth-order valence-corrected chi connectivity index (χ4v) is 2.92. The van der Waals surface area contributed by atoms with Gasteiger partial charge in [-0.1, -0.05) is 65.7 Å². The summed E-state index contributed by atoms with van der Waals surface area (Å²) in [4.78, 5) is 0. The van der Waals surface area contributed by atoms with Crippen LogP contribution in [-0.2, 0) is 0 Å². The van der Waals surface area contributed by atoms with Gasteiger partial charge < -0.3 is 0 Å². The largest absolute Gasteiger partial charge is 0.0837 e. The van der Waals surface area contributed by atoms with Crippen molar-refractivity contribution in [3.05, 3.63) is 82.4 Å². The minimum absolute atomic E-state index is 0.811. The highest BCUT2D eigenvalue weighted by Gasteiger charge is 2.06. The molecule has 0 unspecified atom stereocenters. The monoisotopic (exact) mass is 306 g/mol. The molecule has 0 aromatic heterocycles. The zero-order valence-electron chi connectivity index (χ0n) is 13.2. The third kappa shape index (κ3) is 2.93. The summed E-state index contributed by atoms with van der Waals surface area (Å²) in [7, 11) is 0. The van der Waals surface area contributed by atoms with Crippen LogP contribution in [-0.4, -0.2) is 0 Å². The standard InChI is InChI=1S/C21H19Cl/c1-14-4-6-17(7-5-14)18-8-10-19(11-9-18)20-12-15(2)16(3)13-21(20)22/h4-13H,1-3H3. The molecule has 0 saturated heterocycles. The Morgan fingerprint density at radius 2 is 1.05 bits per heavy atom. The molecule has 0 aliphatic heterocycles. The van der Waals surface area contributed by atoms with Gasteiger partial charge in [0.05, 0.1) is 0 Å². The van der Waals surface area contributed by atoms with Crippen molar-refractivity contribution in [1.82, 2.24) is 0 Å². The first-order valence-corrected chi connectivity index (χ1v) is 7.86. The zero-order chi connectivity index (χ0) is 15.7. The average molecular weight is 307 g/mol. The second kappa shape index (κ2) is 5.98. The lowest BCUT2D eigenvalue weighted by atomic mass is 9.97. The van der Waals surface area contributed by atoms with Crippen LogP contribution in [0.2, 0.25) is 5.02 Å². The first kappa shape index (κ1) is 14.9. The summed E-state index contributed by atoms with van der Waals surface area (Å²) in [5.41, 5.74) is 8.49. The van der Waals surface area contributed by atoms with Crippen LogP contribution >= 0.6 is 11.6 Å². The fraction of sp³-hybridized carbons (Fsp3) is 0.143. The second-order valence-electron chi connectivity index (χ2n) is 5.86. The van der Waals surface area contributed by atoms with Crippen molar-refractivity contribution in [2.45, 2.75) is 20.8 Å².